The minimum Gasteiger partial charge on any atom is -0.492 e. The lowest BCUT2D eigenvalue weighted by molar-refractivity contribution is -0.156. The SMILES string of the molecule is CCN1CCN(CCOc2ccc(C#N)cc2)C(=O)C1=O. The predicted octanol–water partition coefficient (Wildman–Crippen LogP) is 0.628. The topological polar surface area (TPSA) is 73.6 Å². The zero-order chi connectivity index (χ0) is 15.2. The van der Waals surface area contributed by atoms with Gasteiger partial charge in [0.15, 0.2) is 0 Å². The Hall–Kier alpha value is -2.55. The maximum Gasteiger partial charge on any atom is 0.312 e. The average molecular weight is 287 g/mol. The predicted molar refractivity (Wildman–Crippen MR) is 75.5 cm³/mol. The van der Waals surface area contributed by atoms with Crippen molar-refractivity contribution in [3.8, 4) is 11.8 Å². The van der Waals surface area contributed by atoms with Crippen molar-refractivity contribution in [3.05, 3.63) is 29.8 Å². The summed E-state index contributed by atoms with van der Waals surface area (Å²) in [4.78, 5) is 26.7. The quantitative estimate of drug-likeness (QED) is 0.744. The monoisotopic (exact) mass is 287 g/mol. The second-order valence-electron chi connectivity index (χ2n) is 4.66. The number of amides is 2. The van der Waals surface area contributed by atoms with Crippen LogP contribution in [0, 0.1) is 11.3 Å². The number of hydrogen-bond donors (Lipinski definition) is 0. The van der Waals surface area contributed by atoms with Crippen molar-refractivity contribution in [1.29, 1.82) is 5.26 Å². The van der Waals surface area contributed by atoms with Crippen LogP contribution in [0.4, 0.5) is 0 Å². The van der Waals surface area contributed by atoms with Crippen LogP contribution in [0.15, 0.2) is 24.3 Å². The van der Waals surface area contributed by atoms with Crippen molar-refractivity contribution in [3.63, 3.8) is 0 Å². The summed E-state index contributed by atoms with van der Waals surface area (Å²) in [6, 6.07) is 8.79. The van der Waals surface area contributed by atoms with E-state index in [9.17, 15) is 9.59 Å². The maximum absolute atomic E-state index is 11.9. The van der Waals surface area contributed by atoms with Gasteiger partial charge in [-0.25, -0.2) is 0 Å². The van der Waals surface area contributed by atoms with Crippen LogP contribution in [0.1, 0.15) is 12.5 Å². The second kappa shape index (κ2) is 6.75. The molecule has 0 N–H and O–H groups in total. The summed E-state index contributed by atoms with van der Waals surface area (Å²) >= 11 is 0. The summed E-state index contributed by atoms with van der Waals surface area (Å²) in [6.07, 6.45) is 0. The normalized spacial score (nSPS) is 15.0. The van der Waals surface area contributed by atoms with Gasteiger partial charge in [0.05, 0.1) is 18.2 Å². The fraction of sp³-hybridized carbons (Fsp3) is 0.400. The van der Waals surface area contributed by atoms with Crippen molar-refractivity contribution in [1.82, 2.24) is 9.80 Å². The van der Waals surface area contributed by atoms with E-state index in [2.05, 4.69) is 0 Å². The van der Waals surface area contributed by atoms with Gasteiger partial charge < -0.3 is 14.5 Å². The van der Waals surface area contributed by atoms with Gasteiger partial charge in [-0.15, -0.1) is 0 Å². The van der Waals surface area contributed by atoms with Gasteiger partial charge in [0.25, 0.3) is 0 Å². The summed E-state index contributed by atoms with van der Waals surface area (Å²) < 4.78 is 5.52. The first kappa shape index (κ1) is 14.9. The summed E-state index contributed by atoms with van der Waals surface area (Å²) in [5.41, 5.74) is 0.568. The fourth-order valence-corrected chi connectivity index (χ4v) is 2.13. The molecule has 1 aliphatic heterocycles. The number of hydrogen-bond acceptors (Lipinski definition) is 4. The Morgan fingerprint density at radius 1 is 1.14 bits per heavy atom. The Morgan fingerprint density at radius 3 is 2.38 bits per heavy atom. The van der Waals surface area contributed by atoms with E-state index in [1.807, 2.05) is 13.0 Å². The van der Waals surface area contributed by atoms with Gasteiger partial charge in [-0.1, -0.05) is 0 Å². The van der Waals surface area contributed by atoms with Gasteiger partial charge in [-0.2, -0.15) is 5.26 Å². The highest BCUT2D eigenvalue weighted by Gasteiger charge is 2.31. The molecule has 1 aromatic carbocycles. The number of nitrogens with zero attached hydrogens (tertiary/aromatic N) is 3. The minimum atomic E-state index is -0.466. The minimum absolute atomic E-state index is 0.317. The number of benzene rings is 1. The Labute approximate surface area is 123 Å². The third kappa shape index (κ3) is 3.51. The molecule has 1 aliphatic rings. The first-order valence-electron chi connectivity index (χ1n) is 6.87. The van der Waals surface area contributed by atoms with Crippen molar-refractivity contribution in [2.24, 2.45) is 0 Å². The molecule has 6 nitrogen and oxygen atoms in total. The largest absolute Gasteiger partial charge is 0.492 e. The summed E-state index contributed by atoms with van der Waals surface area (Å²) in [5, 5.41) is 8.70. The van der Waals surface area contributed by atoms with Crippen molar-refractivity contribution in [2.75, 3.05) is 32.8 Å². The Balaban J connectivity index is 1.82. The van der Waals surface area contributed by atoms with E-state index < -0.39 is 11.8 Å². The van der Waals surface area contributed by atoms with Gasteiger partial charge in [-0.3, -0.25) is 9.59 Å². The third-order valence-corrected chi connectivity index (χ3v) is 3.39. The molecule has 0 spiro atoms. The van der Waals surface area contributed by atoms with Crippen LogP contribution in [0.25, 0.3) is 0 Å². The van der Waals surface area contributed by atoms with E-state index in [-0.39, 0.29) is 0 Å². The van der Waals surface area contributed by atoms with Crippen LogP contribution >= 0.6 is 0 Å². The standard InChI is InChI=1S/C15H17N3O3/c1-2-17-7-8-18(15(20)14(17)19)9-10-21-13-5-3-12(11-16)4-6-13/h3-6H,2,7-10H2,1H3. The maximum atomic E-state index is 11.9. The van der Waals surface area contributed by atoms with Crippen LogP contribution in [0.3, 0.4) is 0 Å². The van der Waals surface area contributed by atoms with E-state index in [4.69, 9.17) is 10.00 Å². The molecule has 0 unspecified atom stereocenters. The van der Waals surface area contributed by atoms with Gasteiger partial charge >= 0.3 is 11.8 Å². The molecule has 6 heteroatoms. The fourth-order valence-electron chi connectivity index (χ4n) is 2.13. The Bertz CT molecular complexity index is 563. The molecule has 2 rings (SSSR count). The zero-order valence-corrected chi connectivity index (χ0v) is 11.9. The van der Waals surface area contributed by atoms with Crippen molar-refractivity contribution >= 4 is 11.8 Å². The Kier molecular flexibility index (Phi) is 4.77. The molecular weight excluding hydrogens is 270 g/mol. The van der Waals surface area contributed by atoms with E-state index in [0.717, 1.165) is 0 Å². The molecule has 21 heavy (non-hydrogen) atoms. The molecule has 0 atom stereocenters. The molecule has 0 aliphatic carbocycles. The molecule has 2 amide bonds. The van der Waals surface area contributed by atoms with Crippen LogP contribution < -0.4 is 4.74 Å². The number of carbonyl (C=O) groups is 2. The van der Waals surface area contributed by atoms with E-state index in [1.54, 1.807) is 29.2 Å². The molecule has 0 bridgehead atoms. The zero-order valence-electron chi connectivity index (χ0n) is 11.9. The van der Waals surface area contributed by atoms with Crippen LogP contribution in [0.5, 0.6) is 5.75 Å². The number of likely N-dealkylation sites (N-methyl/N-ethyl adjacent to an activating group) is 1. The van der Waals surface area contributed by atoms with Gasteiger partial charge in [0.2, 0.25) is 0 Å². The van der Waals surface area contributed by atoms with Gasteiger partial charge in [-0.05, 0) is 31.2 Å². The summed E-state index contributed by atoms with van der Waals surface area (Å²) in [5.74, 6) is -0.270. The molecular formula is C15H17N3O3. The molecule has 110 valence electrons. The summed E-state index contributed by atoms with van der Waals surface area (Å²) in [6.45, 7) is 4.21. The van der Waals surface area contributed by atoms with Gasteiger partial charge in [0, 0.05) is 19.6 Å². The highest BCUT2D eigenvalue weighted by Crippen LogP contribution is 2.12. The number of carbonyl (C=O) groups excluding carboxylic acids is 2. The van der Waals surface area contributed by atoms with Crippen molar-refractivity contribution in [2.45, 2.75) is 6.92 Å². The lowest BCUT2D eigenvalue weighted by Gasteiger charge is -2.32. The first-order chi connectivity index (χ1) is 10.2. The molecule has 0 radical (unpaired) electrons. The number of ether oxygens (including phenoxy) is 1. The highest BCUT2D eigenvalue weighted by atomic mass is 16.5. The van der Waals surface area contributed by atoms with E-state index in [0.29, 0.717) is 44.1 Å². The second-order valence-corrected chi connectivity index (χ2v) is 4.66. The van der Waals surface area contributed by atoms with E-state index in [1.165, 1.54) is 4.90 Å². The number of nitriles is 1. The molecule has 1 aromatic rings. The van der Waals surface area contributed by atoms with Crippen LogP contribution in [-0.4, -0.2) is 54.4 Å². The van der Waals surface area contributed by atoms with E-state index >= 15 is 0 Å². The molecule has 0 saturated carbocycles. The number of piperazine rings is 1. The highest BCUT2D eigenvalue weighted by molar-refractivity contribution is 6.35. The van der Waals surface area contributed by atoms with Crippen LogP contribution in [-0.2, 0) is 9.59 Å². The Morgan fingerprint density at radius 2 is 1.76 bits per heavy atom. The smallest absolute Gasteiger partial charge is 0.312 e. The number of rotatable bonds is 5. The molecule has 1 heterocycles. The van der Waals surface area contributed by atoms with Gasteiger partial charge in [0.1, 0.15) is 12.4 Å². The molecule has 1 saturated heterocycles. The third-order valence-electron chi connectivity index (χ3n) is 3.39. The first-order valence-corrected chi connectivity index (χ1v) is 6.87. The lowest BCUT2D eigenvalue weighted by Crippen LogP contribution is -2.54. The molecule has 0 aromatic heterocycles. The summed E-state index contributed by atoms with van der Waals surface area (Å²) in [7, 11) is 0. The van der Waals surface area contributed by atoms with Crippen molar-refractivity contribution < 1.29 is 14.3 Å². The van der Waals surface area contributed by atoms with Crippen LogP contribution in [0.2, 0.25) is 0 Å². The lowest BCUT2D eigenvalue weighted by atomic mass is 10.2. The average Bonchev–Trinajstić information content (AvgIpc) is 2.52. The molecule has 1 fully saturated rings.